The number of ether oxygens (including phenoxy) is 1. The number of benzene rings is 2. The zero-order valence-electron chi connectivity index (χ0n) is 19.8. The van der Waals surface area contributed by atoms with Gasteiger partial charge < -0.3 is 20.7 Å². The fourth-order valence-electron chi connectivity index (χ4n) is 3.56. The quantitative estimate of drug-likeness (QED) is 0.243. The van der Waals surface area contributed by atoms with E-state index in [1.54, 1.807) is 50.5 Å². The molecule has 184 valence electrons. The molecule has 0 aliphatic carbocycles. The van der Waals surface area contributed by atoms with E-state index >= 15 is 0 Å². The minimum Gasteiger partial charge on any atom is -0.492 e. The van der Waals surface area contributed by atoms with Gasteiger partial charge in [0.05, 0.1) is 11.4 Å². The normalized spacial score (nSPS) is 10.8. The molecular formula is C26H25FN6O3. The van der Waals surface area contributed by atoms with Gasteiger partial charge in [-0.05, 0) is 55.9 Å². The molecule has 2 aromatic heterocycles. The molecule has 0 aliphatic rings. The van der Waals surface area contributed by atoms with Gasteiger partial charge in [-0.1, -0.05) is 12.6 Å². The number of pyridine rings is 1. The summed E-state index contributed by atoms with van der Waals surface area (Å²) in [6, 6.07) is 12.7. The lowest BCUT2D eigenvalue weighted by atomic mass is 10.2. The van der Waals surface area contributed by atoms with Crippen LogP contribution in [0.4, 0.5) is 21.7 Å². The van der Waals surface area contributed by atoms with Crippen LogP contribution in [-0.2, 0) is 4.79 Å². The first-order chi connectivity index (χ1) is 17.4. The molecule has 4 aromatic rings. The Morgan fingerprint density at radius 2 is 2.06 bits per heavy atom. The Bertz CT molecular complexity index is 1500. The van der Waals surface area contributed by atoms with Gasteiger partial charge in [0.15, 0.2) is 5.65 Å². The third-order valence-electron chi connectivity index (χ3n) is 5.33. The van der Waals surface area contributed by atoms with Gasteiger partial charge in [-0.15, -0.1) is 0 Å². The van der Waals surface area contributed by atoms with Crippen molar-refractivity contribution in [1.29, 1.82) is 0 Å². The fraction of sp³-hybridized carbons (Fsp3) is 0.154. The first-order valence-corrected chi connectivity index (χ1v) is 11.2. The van der Waals surface area contributed by atoms with Crippen molar-refractivity contribution in [1.82, 2.24) is 19.9 Å². The molecule has 0 bridgehead atoms. The molecule has 0 spiro atoms. The summed E-state index contributed by atoms with van der Waals surface area (Å²) in [6.07, 6.45) is 2.73. The van der Waals surface area contributed by atoms with Crippen molar-refractivity contribution in [2.24, 2.45) is 0 Å². The number of likely N-dealkylation sites (N-methyl/N-ethyl adjacent to an activating group) is 1. The van der Waals surface area contributed by atoms with Crippen LogP contribution < -0.4 is 26.2 Å². The first-order valence-electron chi connectivity index (χ1n) is 11.2. The predicted molar refractivity (Wildman–Crippen MR) is 138 cm³/mol. The van der Waals surface area contributed by atoms with Crippen LogP contribution in [-0.4, -0.2) is 40.6 Å². The molecule has 0 saturated heterocycles. The van der Waals surface area contributed by atoms with Gasteiger partial charge in [-0.3, -0.25) is 14.2 Å². The average molecular weight is 489 g/mol. The third-order valence-corrected chi connectivity index (χ3v) is 5.33. The predicted octanol–water partition coefficient (Wildman–Crippen LogP) is 3.69. The van der Waals surface area contributed by atoms with Crippen LogP contribution in [0.5, 0.6) is 5.75 Å². The second-order valence-electron chi connectivity index (χ2n) is 7.89. The summed E-state index contributed by atoms with van der Waals surface area (Å²) in [6.45, 7) is 6.28. The second kappa shape index (κ2) is 10.8. The number of nitrogens with one attached hydrogen (secondary N) is 3. The topological polar surface area (TPSA) is 110 Å². The van der Waals surface area contributed by atoms with E-state index in [-0.39, 0.29) is 23.1 Å². The van der Waals surface area contributed by atoms with E-state index in [2.05, 4.69) is 32.5 Å². The van der Waals surface area contributed by atoms with Gasteiger partial charge in [0.2, 0.25) is 11.9 Å². The van der Waals surface area contributed by atoms with Crippen molar-refractivity contribution in [2.45, 2.75) is 6.92 Å². The Labute approximate surface area is 206 Å². The van der Waals surface area contributed by atoms with Crippen LogP contribution in [0, 0.1) is 12.7 Å². The average Bonchev–Trinajstić information content (AvgIpc) is 2.86. The van der Waals surface area contributed by atoms with Crippen LogP contribution in [0.15, 0.2) is 72.2 Å². The number of carbonyl (C=O) groups excluding carboxylic acids is 1. The van der Waals surface area contributed by atoms with Crippen LogP contribution in [0.2, 0.25) is 0 Å². The van der Waals surface area contributed by atoms with Crippen LogP contribution in [0.25, 0.3) is 16.7 Å². The number of nitrogens with zero attached hydrogens (tertiary/aromatic N) is 3. The summed E-state index contributed by atoms with van der Waals surface area (Å²) in [5, 5.41) is 9.15. The number of rotatable bonds is 9. The van der Waals surface area contributed by atoms with Crippen LogP contribution >= 0.6 is 0 Å². The molecule has 0 unspecified atom stereocenters. The van der Waals surface area contributed by atoms with Gasteiger partial charge >= 0.3 is 0 Å². The van der Waals surface area contributed by atoms with Gasteiger partial charge in [0, 0.05) is 35.9 Å². The smallest absolute Gasteiger partial charge is 0.257 e. The van der Waals surface area contributed by atoms with E-state index in [1.165, 1.54) is 22.8 Å². The number of fused-ring (bicyclic) bond motifs is 1. The molecule has 2 heterocycles. The lowest BCUT2D eigenvalue weighted by Gasteiger charge is -2.14. The second-order valence-corrected chi connectivity index (χ2v) is 7.89. The largest absolute Gasteiger partial charge is 0.492 e. The fourth-order valence-corrected chi connectivity index (χ4v) is 3.56. The van der Waals surface area contributed by atoms with Crippen LogP contribution in [0.1, 0.15) is 5.56 Å². The number of hydrogen-bond donors (Lipinski definition) is 3. The molecule has 3 N–H and O–H groups in total. The summed E-state index contributed by atoms with van der Waals surface area (Å²) in [4.78, 5) is 33.6. The number of aromatic nitrogens is 3. The SMILES string of the molecule is C=CC(=O)Nc1cccc(-n2c(=O)cc(C)c3cnc(Nc4ccc(OCCNC)cc4F)nc32)c1. The Morgan fingerprint density at radius 3 is 2.81 bits per heavy atom. The van der Waals surface area contributed by atoms with E-state index in [0.29, 0.717) is 46.9 Å². The molecule has 10 heteroatoms. The highest BCUT2D eigenvalue weighted by Gasteiger charge is 2.14. The van der Waals surface area contributed by atoms with Crippen molar-refractivity contribution < 1.29 is 13.9 Å². The lowest BCUT2D eigenvalue weighted by Crippen LogP contribution is -2.20. The van der Waals surface area contributed by atoms with Gasteiger partial charge in [-0.25, -0.2) is 9.37 Å². The Morgan fingerprint density at radius 1 is 1.22 bits per heavy atom. The number of amides is 1. The number of anilines is 3. The maximum atomic E-state index is 14.7. The van der Waals surface area contributed by atoms with E-state index in [9.17, 15) is 14.0 Å². The highest BCUT2D eigenvalue weighted by Crippen LogP contribution is 2.25. The third kappa shape index (κ3) is 5.39. The van der Waals surface area contributed by atoms with E-state index in [1.807, 2.05) is 0 Å². The molecule has 4 rings (SSSR count). The molecule has 0 atom stereocenters. The molecular weight excluding hydrogens is 463 g/mol. The van der Waals surface area contributed by atoms with Gasteiger partial charge in [0.1, 0.15) is 18.2 Å². The summed E-state index contributed by atoms with van der Waals surface area (Å²) in [7, 11) is 1.80. The molecule has 0 aliphatic heterocycles. The Balaban J connectivity index is 1.72. The zero-order valence-corrected chi connectivity index (χ0v) is 19.8. The van der Waals surface area contributed by atoms with E-state index in [0.717, 1.165) is 6.08 Å². The summed E-state index contributed by atoms with van der Waals surface area (Å²) < 4.78 is 21.6. The van der Waals surface area contributed by atoms with Crippen molar-refractivity contribution in [3.63, 3.8) is 0 Å². The number of halogens is 1. The molecule has 0 fully saturated rings. The van der Waals surface area contributed by atoms with Gasteiger partial charge in [-0.2, -0.15) is 4.98 Å². The molecule has 36 heavy (non-hydrogen) atoms. The van der Waals surface area contributed by atoms with Crippen molar-refractivity contribution in [2.75, 3.05) is 30.8 Å². The van der Waals surface area contributed by atoms with E-state index in [4.69, 9.17) is 4.74 Å². The maximum absolute atomic E-state index is 14.7. The van der Waals surface area contributed by atoms with Crippen LogP contribution in [0.3, 0.4) is 0 Å². The first kappa shape index (κ1) is 24.6. The number of hydrogen-bond acceptors (Lipinski definition) is 7. The molecule has 0 saturated carbocycles. The van der Waals surface area contributed by atoms with Gasteiger partial charge in [0.25, 0.3) is 5.56 Å². The summed E-state index contributed by atoms with van der Waals surface area (Å²) in [5.41, 5.74) is 1.85. The molecule has 9 nitrogen and oxygen atoms in total. The summed E-state index contributed by atoms with van der Waals surface area (Å²) >= 11 is 0. The van der Waals surface area contributed by atoms with Crippen molar-refractivity contribution in [3.05, 3.63) is 89.1 Å². The monoisotopic (exact) mass is 488 g/mol. The highest BCUT2D eigenvalue weighted by atomic mass is 19.1. The van der Waals surface area contributed by atoms with Crippen molar-refractivity contribution in [3.8, 4) is 11.4 Å². The Hall–Kier alpha value is -4.57. The Kier molecular flexibility index (Phi) is 7.36. The molecule has 1 amide bonds. The zero-order chi connectivity index (χ0) is 25.7. The minimum atomic E-state index is -0.534. The van der Waals surface area contributed by atoms with E-state index < -0.39 is 5.82 Å². The van der Waals surface area contributed by atoms with Crippen molar-refractivity contribution >= 4 is 34.3 Å². The lowest BCUT2D eigenvalue weighted by molar-refractivity contribution is -0.111. The molecule has 0 radical (unpaired) electrons. The standard InChI is InChI=1S/C26H25FN6O3/c1-4-23(34)30-17-6-5-7-18(13-17)33-24(35)12-16(2)20-15-29-26(32-25(20)33)31-22-9-8-19(14-21(22)27)36-11-10-28-3/h4-9,12-15,28H,1,10-11H2,2-3H3,(H,30,34)(H,29,31,32). The molecule has 2 aromatic carbocycles. The number of aryl methyl sites for hydroxylation is 1. The highest BCUT2D eigenvalue weighted by molar-refractivity contribution is 5.99. The maximum Gasteiger partial charge on any atom is 0.257 e. The summed E-state index contributed by atoms with van der Waals surface area (Å²) in [5.74, 6) is -0.392. The number of carbonyl (C=O) groups is 1. The minimum absolute atomic E-state index is 0.111.